The molecular formula is C17H20BrN. The Bertz CT molecular complexity index is 563. The zero-order valence-corrected chi connectivity index (χ0v) is 13.3. The number of hydrogen-bond acceptors (Lipinski definition) is 1. The van der Waals surface area contributed by atoms with Gasteiger partial charge in [0, 0.05) is 17.1 Å². The topological polar surface area (TPSA) is 12.0 Å². The van der Waals surface area contributed by atoms with E-state index >= 15 is 0 Å². The molecule has 0 amide bonds. The fourth-order valence-electron chi connectivity index (χ4n) is 2.16. The van der Waals surface area contributed by atoms with Gasteiger partial charge in [-0.25, -0.2) is 0 Å². The number of benzene rings is 2. The fraction of sp³-hybridized carbons (Fsp3) is 0.294. The lowest BCUT2D eigenvalue weighted by molar-refractivity contribution is 0.573. The van der Waals surface area contributed by atoms with E-state index in [0.717, 1.165) is 11.0 Å². The summed E-state index contributed by atoms with van der Waals surface area (Å²) >= 11 is 3.52. The smallest absolute Gasteiger partial charge is 0.0295 e. The maximum absolute atomic E-state index is 3.59. The molecule has 0 aliphatic rings. The van der Waals surface area contributed by atoms with Crippen LogP contribution >= 0.6 is 15.9 Å². The highest BCUT2D eigenvalue weighted by Crippen LogP contribution is 2.19. The third kappa shape index (κ3) is 3.68. The van der Waals surface area contributed by atoms with Gasteiger partial charge in [-0.3, -0.25) is 0 Å². The molecule has 2 aromatic rings. The standard InChI is InChI=1S/C17H20BrN/c1-12-6-4-8-16(13(12)2)11-19-14(3)15-7-5-9-17(18)10-15/h4-10,14,19H,11H2,1-3H3/t14-/m0/s1. The van der Waals surface area contributed by atoms with Gasteiger partial charge in [0.1, 0.15) is 0 Å². The van der Waals surface area contributed by atoms with Crippen LogP contribution < -0.4 is 5.32 Å². The summed E-state index contributed by atoms with van der Waals surface area (Å²) in [6.07, 6.45) is 0. The van der Waals surface area contributed by atoms with E-state index in [1.165, 1.54) is 22.3 Å². The normalized spacial score (nSPS) is 12.4. The van der Waals surface area contributed by atoms with Gasteiger partial charge in [-0.2, -0.15) is 0 Å². The highest BCUT2D eigenvalue weighted by Gasteiger charge is 2.06. The average molecular weight is 318 g/mol. The van der Waals surface area contributed by atoms with Gasteiger partial charge in [0.05, 0.1) is 0 Å². The fourth-order valence-corrected chi connectivity index (χ4v) is 2.58. The van der Waals surface area contributed by atoms with Gasteiger partial charge in [-0.1, -0.05) is 46.3 Å². The molecule has 0 saturated carbocycles. The van der Waals surface area contributed by atoms with Crippen molar-refractivity contribution in [1.82, 2.24) is 5.32 Å². The van der Waals surface area contributed by atoms with Crippen LogP contribution in [0.2, 0.25) is 0 Å². The van der Waals surface area contributed by atoms with E-state index in [-0.39, 0.29) is 0 Å². The highest BCUT2D eigenvalue weighted by atomic mass is 79.9. The van der Waals surface area contributed by atoms with Crippen LogP contribution in [0.15, 0.2) is 46.9 Å². The van der Waals surface area contributed by atoms with Crippen molar-refractivity contribution in [2.45, 2.75) is 33.4 Å². The van der Waals surface area contributed by atoms with Crippen molar-refractivity contribution >= 4 is 15.9 Å². The Morgan fingerprint density at radius 3 is 2.58 bits per heavy atom. The van der Waals surface area contributed by atoms with Crippen molar-refractivity contribution in [2.75, 3.05) is 0 Å². The largest absolute Gasteiger partial charge is 0.306 e. The molecular weight excluding hydrogens is 298 g/mol. The Balaban J connectivity index is 2.04. The molecule has 0 fully saturated rings. The number of hydrogen-bond donors (Lipinski definition) is 1. The minimum absolute atomic E-state index is 0.345. The van der Waals surface area contributed by atoms with Gasteiger partial charge in [0.15, 0.2) is 0 Å². The summed E-state index contributed by atoms with van der Waals surface area (Å²) < 4.78 is 1.13. The Labute approximate surface area is 124 Å². The van der Waals surface area contributed by atoms with Crippen molar-refractivity contribution in [1.29, 1.82) is 0 Å². The molecule has 2 aromatic carbocycles. The molecule has 2 rings (SSSR count). The summed E-state index contributed by atoms with van der Waals surface area (Å²) in [4.78, 5) is 0. The monoisotopic (exact) mass is 317 g/mol. The van der Waals surface area contributed by atoms with E-state index in [2.05, 4.69) is 84.5 Å². The third-order valence-corrected chi connectivity index (χ3v) is 4.16. The van der Waals surface area contributed by atoms with Crippen molar-refractivity contribution in [3.63, 3.8) is 0 Å². The zero-order chi connectivity index (χ0) is 13.8. The first-order chi connectivity index (χ1) is 9.08. The van der Waals surface area contributed by atoms with Gasteiger partial charge in [-0.15, -0.1) is 0 Å². The van der Waals surface area contributed by atoms with Crippen molar-refractivity contribution < 1.29 is 0 Å². The molecule has 0 saturated heterocycles. The molecule has 0 heterocycles. The Hall–Kier alpha value is -1.12. The van der Waals surface area contributed by atoms with Crippen molar-refractivity contribution in [3.8, 4) is 0 Å². The van der Waals surface area contributed by atoms with Crippen LogP contribution in [0.3, 0.4) is 0 Å². The van der Waals surface area contributed by atoms with Crippen LogP contribution in [0.25, 0.3) is 0 Å². The molecule has 1 N–H and O–H groups in total. The number of nitrogens with one attached hydrogen (secondary N) is 1. The second kappa shape index (κ2) is 6.36. The first kappa shape index (κ1) is 14.3. The molecule has 0 aromatic heterocycles. The van der Waals surface area contributed by atoms with E-state index in [1.807, 2.05) is 0 Å². The van der Waals surface area contributed by atoms with Gasteiger partial charge in [0.25, 0.3) is 0 Å². The van der Waals surface area contributed by atoms with E-state index in [1.54, 1.807) is 0 Å². The molecule has 100 valence electrons. The quantitative estimate of drug-likeness (QED) is 0.844. The van der Waals surface area contributed by atoms with Crippen LogP contribution in [-0.2, 0) is 6.54 Å². The number of aryl methyl sites for hydroxylation is 1. The van der Waals surface area contributed by atoms with E-state index in [9.17, 15) is 0 Å². The molecule has 0 aliphatic carbocycles. The van der Waals surface area contributed by atoms with E-state index < -0.39 is 0 Å². The summed E-state index contributed by atoms with van der Waals surface area (Å²) in [5.41, 5.74) is 5.42. The minimum Gasteiger partial charge on any atom is -0.306 e. The van der Waals surface area contributed by atoms with Crippen LogP contribution in [-0.4, -0.2) is 0 Å². The minimum atomic E-state index is 0.345. The zero-order valence-electron chi connectivity index (χ0n) is 11.7. The molecule has 1 atom stereocenters. The van der Waals surface area contributed by atoms with Crippen molar-refractivity contribution in [3.05, 3.63) is 69.2 Å². The van der Waals surface area contributed by atoms with Crippen LogP contribution in [0, 0.1) is 13.8 Å². The third-order valence-electron chi connectivity index (χ3n) is 3.66. The maximum atomic E-state index is 3.59. The average Bonchev–Trinajstić information content (AvgIpc) is 2.40. The van der Waals surface area contributed by atoms with E-state index in [0.29, 0.717) is 6.04 Å². The van der Waals surface area contributed by atoms with Crippen LogP contribution in [0.1, 0.15) is 35.2 Å². The van der Waals surface area contributed by atoms with Gasteiger partial charge in [-0.05, 0) is 55.2 Å². The summed E-state index contributed by atoms with van der Waals surface area (Å²) in [6, 6.07) is 15.3. The first-order valence-corrected chi connectivity index (χ1v) is 7.41. The summed E-state index contributed by atoms with van der Waals surface area (Å²) in [5.74, 6) is 0. The van der Waals surface area contributed by atoms with Crippen LogP contribution in [0.4, 0.5) is 0 Å². The van der Waals surface area contributed by atoms with Crippen molar-refractivity contribution in [2.24, 2.45) is 0 Å². The summed E-state index contributed by atoms with van der Waals surface area (Å²) in [5, 5.41) is 3.59. The van der Waals surface area contributed by atoms with Gasteiger partial charge < -0.3 is 5.32 Å². The Kier molecular flexibility index (Phi) is 4.78. The predicted octanol–water partition coefficient (Wildman–Crippen LogP) is 4.92. The first-order valence-electron chi connectivity index (χ1n) is 6.62. The SMILES string of the molecule is Cc1cccc(CN[C@@H](C)c2cccc(Br)c2)c1C. The molecule has 0 spiro atoms. The molecule has 0 unspecified atom stereocenters. The molecule has 0 radical (unpaired) electrons. The highest BCUT2D eigenvalue weighted by molar-refractivity contribution is 9.10. The van der Waals surface area contributed by atoms with Gasteiger partial charge >= 0.3 is 0 Å². The molecule has 0 aliphatic heterocycles. The lowest BCUT2D eigenvalue weighted by Crippen LogP contribution is -2.18. The number of halogens is 1. The Morgan fingerprint density at radius 2 is 1.84 bits per heavy atom. The van der Waals surface area contributed by atoms with E-state index in [4.69, 9.17) is 0 Å². The lowest BCUT2D eigenvalue weighted by Gasteiger charge is -2.16. The lowest BCUT2D eigenvalue weighted by atomic mass is 10.0. The molecule has 0 bridgehead atoms. The maximum Gasteiger partial charge on any atom is 0.0295 e. The Morgan fingerprint density at radius 1 is 1.11 bits per heavy atom. The van der Waals surface area contributed by atoms with Crippen LogP contribution in [0.5, 0.6) is 0 Å². The molecule has 19 heavy (non-hydrogen) atoms. The second-order valence-corrected chi connectivity index (χ2v) is 5.93. The summed E-state index contributed by atoms with van der Waals surface area (Å²) in [7, 11) is 0. The molecule has 2 heteroatoms. The number of rotatable bonds is 4. The predicted molar refractivity (Wildman–Crippen MR) is 85.3 cm³/mol. The van der Waals surface area contributed by atoms with Gasteiger partial charge in [0.2, 0.25) is 0 Å². The summed E-state index contributed by atoms with van der Waals surface area (Å²) in [6.45, 7) is 7.46. The molecule has 1 nitrogen and oxygen atoms in total. The second-order valence-electron chi connectivity index (χ2n) is 5.02.